The van der Waals surface area contributed by atoms with Crippen LogP contribution in [0.5, 0.6) is 0 Å². The second-order valence-corrected chi connectivity index (χ2v) is 6.72. The first-order valence-electron chi connectivity index (χ1n) is 7.58. The van der Waals surface area contributed by atoms with Crippen molar-refractivity contribution in [2.24, 2.45) is 0 Å². The largest absolute Gasteiger partial charge is 0.374 e. The van der Waals surface area contributed by atoms with Gasteiger partial charge in [0.2, 0.25) is 5.91 Å². The summed E-state index contributed by atoms with van der Waals surface area (Å²) in [7, 11) is 1.93. The van der Waals surface area contributed by atoms with E-state index in [1.807, 2.05) is 23.3 Å². The zero-order valence-corrected chi connectivity index (χ0v) is 13.3. The number of nitrogens with zero attached hydrogens (tertiary/aromatic N) is 2. The van der Waals surface area contributed by atoms with Crippen LogP contribution in [0.1, 0.15) is 10.4 Å². The van der Waals surface area contributed by atoms with Crippen molar-refractivity contribution in [1.82, 2.24) is 15.1 Å². The molecule has 0 radical (unpaired) electrons. The molecule has 1 aromatic heterocycles. The molecular weight excluding hydrogens is 286 g/mol. The summed E-state index contributed by atoms with van der Waals surface area (Å²) in [4.78, 5) is 18.2. The Hall–Kier alpha value is -0.950. The van der Waals surface area contributed by atoms with Crippen LogP contribution in [-0.4, -0.2) is 68.2 Å². The van der Waals surface area contributed by atoms with Gasteiger partial charge in [0.05, 0.1) is 19.3 Å². The minimum absolute atomic E-state index is 0.196. The zero-order valence-electron chi connectivity index (χ0n) is 12.5. The first kappa shape index (κ1) is 15.0. The first-order valence-corrected chi connectivity index (χ1v) is 8.46. The minimum Gasteiger partial charge on any atom is -0.374 e. The van der Waals surface area contributed by atoms with Crippen molar-refractivity contribution in [1.29, 1.82) is 0 Å². The van der Waals surface area contributed by atoms with Crippen LogP contribution in [0.25, 0.3) is 0 Å². The monoisotopic (exact) mass is 309 g/mol. The van der Waals surface area contributed by atoms with E-state index in [-0.39, 0.29) is 12.0 Å². The number of carbonyl (C=O) groups excluding carboxylic acids is 1. The predicted octanol–water partition coefficient (Wildman–Crippen LogP) is 0.553. The number of amides is 1. The van der Waals surface area contributed by atoms with E-state index < -0.39 is 0 Å². The molecule has 5 nitrogen and oxygen atoms in total. The van der Waals surface area contributed by atoms with E-state index in [0.717, 1.165) is 39.1 Å². The van der Waals surface area contributed by atoms with Crippen molar-refractivity contribution in [2.75, 3.05) is 46.4 Å². The number of hydrogen-bond donors (Lipinski definition) is 1. The molecule has 116 valence electrons. The SMILES string of the molecule is CNCC1CN(CC(=O)N2CCc3sccc3C2)CCO1. The zero-order chi connectivity index (χ0) is 14.7. The van der Waals surface area contributed by atoms with Gasteiger partial charge in [-0.2, -0.15) is 0 Å². The van der Waals surface area contributed by atoms with Crippen LogP contribution in [0.15, 0.2) is 11.4 Å². The van der Waals surface area contributed by atoms with Gasteiger partial charge in [-0.25, -0.2) is 0 Å². The Morgan fingerprint density at radius 3 is 3.29 bits per heavy atom. The Labute approximate surface area is 129 Å². The highest BCUT2D eigenvalue weighted by molar-refractivity contribution is 7.10. The molecule has 1 aromatic rings. The third kappa shape index (κ3) is 3.63. The molecule has 1 N–H and O–H groups in total. The van der Waals surface area contributed by atoms with E-state index in [1.54, 1.807) is 0 Å². The number of likely N-dealkylation sites (N-methyl/N-ethyl adjacent to an activating group) is 1. The molecule has 3 rings (SSSR count). The quantitative estimate of drug-likeness (QED) is 0.882. The van der Waals surface area contributed by atoms with Crippen LogP contribution in [0, 0.1) is 0 Å². The Morgan fingerprint density at radius 1 is 1.52 bits per heavy atom. The Bertz CT molecular complexity index is 489. The molecule has 1 unspecified atom stereocenters. The molecule has 0 aromatic carbocycles. The normalized spacial score (nSPS) is 23.1. The highest BCUT2D eigenvalue weighted by atomic mass is 32.1. The van der Waals surface area contributed by atoms with Crippen LogP contribution >= 0.6 is 11.3 Å². The van der Waals surface area contributed by atoms with E-state index in [2.05, 4.69) is 21.7 Å². The van der Waals surface area contributed by atoms with Crippen molar-refractivity contribution in [2.45, 2.75) is 19.1 Å². The molecule has 21 heavy (non-hydrogen) atoms. The van der Waals surface area contributed by atoms with Gasteiger partial charge in [-0.15, -0.1) is 11.3 Å². The van der Waals surface area contributed by atoms with Gasteiger partial charge in [0.25, 0.3) is 0 Å². The van der Waals surface area contributed by atoms with Crippen molar-refractivity contribution < 1.29 is 9.53 Å². The number of fused-ring (bicyclic) bond motifs is 1. The molecule has 0 bridgehead atoms. The average molecular weight is 309 g/mol. The average Bonchev–Trinajstić information content (AvgIpc) is 2.95. The molecule has 1 atom stereocenters. The summed E-state index contributed by atoms with van der Waals surface area (Å²) < 4.78 is 5.68. The Morgan fingerprint density at radius 2 is 2.43 bits per heavy atom. The van der Waals surface area contributed by atoms with E-state index >= 15 is 0 Å². The summed E-state index contributed by atoms with van der Waals surface area (Å²) in [6.07, 6.45) is 1.20. The molecule has 3 heterocycles. The van der Waals surface area contributed by atoms with Gasteiger partial charge < -0.3 is 15.0 Å². The fraction of sp³-hybridized carbons (Fsp3) is 0.667. The number of morpholine rings is 1. The number of ether oxygens (including phenoxy) is 1. The molecule has 1 amide bonds. The topological polar surface area (TPSA) is 44.8 Å². The molecule has 0 saturated carbocycles. The van der Waals surface area contributed by atoms with E-state index in [0.29, 0.717) is 13.2 Å². The van der Waals surface area contributed by atoms with E-state index in [1.165, 1.54) is 10.4 Å². The van der Waals surface area contributed by atoms with Crippen LogP contribution in [-0.2, 0) is 22.5 Å². The lowest BCUT2D eigenvalue weighted by Gasteiger charge is -2.34. The molecule has 0 aliphatic carbocycles. The summed E-state index contributed by atoms with van der Waals surface area (Å²) in [5.74, 6) is 0.247. The van der Waals surface area contributed by atoms with Gasteiger partial charge in [-0.3, -0.25) is 9.69 Å². The summed E-state index contributed by atoms with van der Waals surface area (Å²) in [5, 5.41) is 5.26. The van der Waals surface area contributed by atoms with Crippen molar-refractivity contribution >= 4 is 17.2 Å². The standard InChI is InChI=1S/C15H23N3O2S/c1-16-8-13-10-17(5-6-20-13)11-15(19)18-4-2-14-12(9-18)3-7-21-14/h3,7,13,16H,2,4-6,8-11H2,1H3. The van der Waals surface area contributed by atoms with Crippen molar-refractivity contribution in [3.05, 3.63) is 21.9 Å². The van der Waals surface area contributed by atoms with Crippen LogP contribution < -0.4 is 5.32 Å². The summed E-state index contributed by atoms with van der Waals surface area (Å²) in [6, 6.07) is 2.15. The maximum absolute atomic E-state index is 12.5. The number of rotatable bonds is 4. The first-order chi connectivity index (χ1) is 10.3. The lowest BCUT2D eigenvalue weighted by atomic mass is 10.1. The lowest BCUT2D eigenvalue weighted by Crippen LogP contribution is -2.50. The van der Waals surface area contributed by atoms with Crippen LogP contribution in [0.2, 0.25) is 0 Å². The lowest BCUT2D eigenvalue weighted by molar-refractivity contribution is -0.135. The summed E-state index contributed by atoms with van der Waals surface area (Å²) in [5.41, 5.74) is 1.33. The molecular formula is C15H23N3O2S. The third-order valence-electron chi connectivity index (χ3n) is 4.17. The molecule has 6 heteroatoms. The maximum atomic E-state index is 12.5. The Kier molecular flexibility index (Phi) is 4.90. The van der Waals surface area contributed by atoms with Gasteiger partial charge in [0.1, 0.15) is 0 Å². The van der Waals surface area contributed by atoms with Gasteiger partial charge in [-0.1, -0.05) is 0 Å². The number of hydrogen-bond acceptors (Lipinski definition) is 5. The van der Waals surface area contributed by atoms with E-state index in [9.17, 15) is 4.79 Å². The molecule has 1 saturated heterocycles. The predicted molar refractivity (Wildman–Crippen MR) is 83.5 cm³/mol. The molecule has 1 fully saturated rings. The number of thiophene rings is 1. The number of carbonyl (C=O) groups is 1. The van der Waals surface area contributed by atoms with Gasteiger partial charge in [0.15, 0.2) is 0 Å². The summed E-state index contributed by atoms with van der Waals surface area (Å²) in [6.45, 7) is 5.40. The molecule has 2 aliphatic rings. The fourth-order valence-corrected chi connectivity index (χ4v) is 3.92. The minimum atomic E-state index is 0.196. The number of nitrogens with one attached hydrogen (secondary N) is 1. The van der Waals surface area contributed by atoms with Gasteiger partial charge in [-0.05, 0) is 30.5 Å². The summed E-state index contributed by atoms with van der Waals surface area (Å²) >= 11 is 1.81. The van der Waals surface area contributed by atoms with Gasteiger partial charge in [0, 0.05) is 37.6 Å². The molecule has 2 aliphatic heterocycles. The highest BCUT2D eigenvalue weighted by Gasteiger charge is 2.26. The van der Waals surface area contributed by atoms with Gasteiger partial charge >= 0.3 is 0 Å². The molecule has 0 spiro atoms. The second-order valence-electron chi connectivity index (χ2n) is 5.72. The third-order valence-corrected chi connectivity index (χ3v) is 5.20. The van der Waals surface area contributed by atoms with Crippen molar-refractivity contribution in [3.8, 4) is 0 Å². The van der Waals surface area contributed by atoms with Crippen LogP contribution in [0.4, 0.5) is 0 Å². The Balaban J connectivity index is 1.52. The van der Waals surface area contributed by atoms with Crippen molar-refractivity contribution in [3.63, 3.8) is 0 Å². The smallest absolute Gasteiger partial charge is 0.237 e. The highest BCUT2D eigenvalue weighted by Crippen LogP contribution is 2.24. The second kappa shape index (κ2) is 6.87. The van der Waals surface area contributed by atoms with Crippen LogP contribution in [0.3, 0.4) is 0 Å². The fourth-order valence-electron chi connectivity index (χ4n) is 3.03. The van der Waals surface area contributed by atoms with E-state index in [4.69, 9.17) is 4.74 Å². The maximum Gasteiger partial charge on any atom is 0.237 e.